The van der Waals surface area contributed by atoms with Gasteiger partial charge in [0.15, 0.2) is 0 Å². The first-order valence-corrected chi connectivity index (χ1v) is 8.10. The van der Waals surface area contributed by atoms with Crippen molar-refractivity contribution in [3.05, 3.63) is 29.8 Å². The van der Waals surface area contributed by atoms with Crippen LogP contribution in [0.15, 0.2) is 23.1 Å². The van der Waals surface area contributed by atoms with Crippen LogP contribution in [0.4, 0.5) is 8.78 Å². The summed E-state index contributed by atoms with van der Waals surface area (Å²) in [5.74, 6) is -1.13. The third-order valence-electron chi connectivity index (χ3n) is 4.24. The molecule has 2 atom stereocenters. The van der Waals surface area contributed by atoms with Crippen molar-refractivity contribution in [1.29, 1.82) is 0 Å². The molecule has 0 spiro atoms. The SMILES string of the molecule is O=C(CSc1ccc(F)cc1F)N1C2CCC1CC(O)C2. The van der Waals surface area contributed by atoms with E-state index in [1.165, 1.54) is 12.1 Å². The monoisotopic (exact) mass is 313 g/mol. The number of thioether (sulfide) groups is 1. The highest BCUT2D eigenvalue weighted by Crippen LogP contribution is 2.36. The summed E-state index contributed by atoms with van der Waals surface area (Å²) >= 11 is 1.09. The predicted octanol–water partition coefficient (Wildman–Crippen LogP) is 2.57. The van der Waals surface area contributed by atoms with Gasteiger partial charge in [-0.05, 0) is 37.8 Å². The van der Waals surface area contributed by atoms with E-state index in [0.29, 0.717) is 12.8 Å². The minimum atomic E-state index is -0.634. The maximum absolute atomic E-state index is 13.5. The van der Waals surface area contributed by atoms with Gasteiger partial charge in [-0.2, -0.15) is 0 Å². The fourth-order valence-electron chi connectivity index (χ4n) is 3.36. The van der Waals surface area contributed by atoms with E-state index < -0.39 is 11.6 Å². The van der Waals surface area contributed by atoms with Crippen LogP contribution in [-0.4, -0.2) is 39.9 Å². The van der Waals surface area contributed by atoms with Gasteiger partial charge >= 0.3 is 0 Å². The topological polar surface area (TPSA) is 40.5 Å². The van der Waals surface area contributed by atoms with Crippen molar-refractivity contribution in [2.75, 3.05) is 5.75 Å². The van der Waals surface area contributed by atoms with Gasteiger partial charge in [0, 0.05) is 23.0 Å². The lowest BCUT2D eigenvalue weighted by Crippen LogP contribution is -2.48. The molecule has 2 aliphatic rings. The molecular formula is C15H17F2NO2S. The van der Waals surface area contributed by atoms with E-state index in [2.05, 4.69) is 0 Å². The number of benzene rings is 1. The summed E-state index contributed by atoms with van der Waals surface area (Å²) in [6.45, 7) is 0. The maximum atomic E-state index is 13.5. The molecular weight excluding hydrogens is 296 g/mol. The Morgan fingerprint density at radius 2 is 1.95 bits per heavy atom. The van der Waals surface area contributed by atoms with Crippen LogP contribution in [0.1, 0.15) is 25.7 Å². The summed E-state index contributed by atoms with van der Waals surface area (Å²) in [5.41, 5.74) is 0. The van der Waals surface area contributed by atoms with Crippen LogP contribution in [0.2, 0.25) is 0 Å². The van der Waals surface area contributed by atoms with Gasteiger partial charge < -0.3 is 10.0 Å². The Hall–Kier alpha value is -1.14. The summed E-state index contributed by atoms with van der Waals surface area (Å²) < 4.78 is 26.4. The molecule has 1 aromatic rings. The van der Waals surface area contributed by atoms with Crippen molar-refractivity contribution >= 4 is 17.7 Å². The summed E-state index contributed by atoms with van der Waals surface area (Å²) in [4.78, 5) is 14.5. The zero-order valence-corrected chi connectivity index (χ0v) is 12.3. The zero-order valence-electron chi connectivity index (χ0n) is 11.5. The van der Waals surface area contributed by atoms with Crippen LogP contribution < -0.4 is 0 Å². The summed E-state index contributed by atoms with van der Waals surface area (Å²) in [6, 6.07) is 3.61. The van der Waals surface area contributed by atoms with Gasteiger partial charge in [-0.1, -0.05) is 0 Å². The van der Waals surface area contributed by atoms with Crippen LogP contribution >= 0.6 is 11.8 Å². The number of aliphatic hydroxyl groups is 1. The molecule has 3 rings (SSSR count). The fourth-order valence-corrected chi connectivity index (χ4v) is 4.15. The van der Waals surface area contributed by atoms with Crippen LogP contribution in [-0.2, 0) is 4.79 Å². The third-order valence-corrected chi connectivity index (χ3v) is 5.27. The van der Waals surface area contributed by atoms with Gasteiger partial charge in [0.25, 0.3) is 0 Å². The highest BCUT2D eigenvalue weighted by Gasteiger charge is 2.42. The van der Waals surface area contributed by atoms with Crippen LogP contribution in [0, 0.1) is 11.6 Å². The van der Waals surface area contributed by atoms with Gasteiger partial charge in [0.1, 0.15) is 11.6 Å². The van der Waals surface area contributed by atoms with Gasteiger partial charge in [0.05, 0.1) is 11.9 Å². The molecule has 21 heavy (non-hydrogen) atoms. The summed E-state index contributed by atoms with van der Waals surface area (Å²) in [7, 11) is 0. The van der Waals surface area contributed by atoms with Crippen molar-refractivity contribution in [3.63, 3.8) is 0 Å². The first-order valence-electron chi connectivity index (χ1n) is 7.11. The molecule has 1 N–H and O–H groups in total. The van der Waals surface area contributed by atoms with Crippen LogP contribution in [0.3, 0.4) is 0 Å². The van der Waals surface area contributed by atoms with E-state index in [-0.39, 0.29) is 34.7 Å². The predicted molar refractivity (Wildman–Crippen MR) is 76.0 cm³/mol. The lowest BCUT2D eigenvalue weighted by molar-refractivity contribution is -0.134. The van der Waals surface area contributed by atoms with Gasteiger partial charge in [-0.3, -0.25) is 4.79 Å². The Kier molecular flexibility index (Phi) is 4.17. The molecule has 3 nitrogen and oxygen atoms in total. The number of halogens is 2. The number of carbonyl (C=O) groups is 1. The van der Waals surface area contributed by atoms with Crippen molar-refractivity contribution in [1.82, 2.24) is 4.90 Å². The normalized spacial score (nSPS) is 28.0. The average Bonchev–Trinajstić information content (AvgIpc) is 2.70. The second-order valence-electron chi connectivity index (χ2n) is 5.67. The van der Waals surface area contributed by atoms with Gasteiger partial charge in [0.2, 0.25) is 5.91 Å². The number of aliphatic hydroxyl groups excluding tert-OH is 1. The van der Waals surface area contributed by atoms with Gasteiger partial charge in [-0.15, -0.1) is 11.8 Å². The van der Waals surface area contributed by atoms with E-state index in [4.69, 9.17) is 0 Å². The molecule has 2 heterocycles. The molecule has 2 aliphatic heterocycles. The zero-order chi connectivity index (χ0) is 15.0. The number of amides is 1. The number of rotatable bonds is 3. The second kappa shape index (κ2) is 5.93. The molecule has 2 saturated heterocycles. The number of nitrogens with zero attached hydrogens (tertiary/aromatic N) is 1. The van der Waals surface area contributed by atoms with Crippen molar-refractivity contribution < 1.29 is 18.7 Å². The molecule has 1 aromatic carbocycles. The maximum Gasteiger partial charge on any atom is 0.233 e. The Morgan fingerprint density at radius 3 is 2.57 bits per heavy atom. The Balaban J connectivity index is 1.62. The van der Waals surface area contributed by atoms with Crippen molar-refractivity contribution in [2.24, 2.45) is 0 Å². The Morgan fingerprint density at radius 1 is 1.29 bits per heavy atom. The lowest BCUT2D eigenvalue weighted by Gasteiger charge is -2.37. The second-order valence-corrected chi connectivity index (χ2v) is 6.69. The first-order chi connectivity index (χ1) is 10.0. The molecule has 2 bridgehead atoms. The largest absolute Gasteiger partial charge is 0.393 e. The van der Waals surface area contributed by atoms with E-state index in [1.54, 1.807) is 0 Å². The van der Waals surface area contributed by atoms with E-state index in [9.17, 15) is 18.7 Å². The number of piperidine rings is 1. The standard InChI is InChI=1S/C15H17F2NO2S/c16-9-1-4-14(13(17)5-9)21-8-15(20)18-10-2-3-11(18)7-12(19)6-10/h1,4-5,10-12,19H,2-3,6-8H2. The number of hydrogen-bond donors (Lipinski definition) is 1. The highest BCUT2D eigenvalue weighted by molar-refractivity contribution is 8.00. The molecule has 6 heteroatoms. The Bertz CT molecular complexity index is 540. The van der Waals surface area contributed by atoms with Gasteiger partial charge in [-0.25, -0.2) is 8.78 Å². The van der Waals surface area contributed by atoms with Crippen LogP contribution in [0.25, 0.3) is 0 Å². The van der Waals surface area contributed by atoms with Crippen LogP contribution in [0.5, 0.6) is 0 Å². The van der Waals surface area contributed by atoms with E-state index >= 15 is 0 Å². The van der Waals surface area contributed by atoms with E-state index in [1.807, 2.05) is 4.90 Å². The van der Waals surface area contributed by atoms with Crippen molar-refractivity contribution in [3.8, 4) is 0 Å². The molecule has 2 unspecified atom stereocenters. The minimum Gasteiger partial charge on any atom is -0.393 e. The number of carbonyl (C=O) groups excluding carboxylic acids is 1. The highest BCUT2D eigenvalue weighted by atomic mass is 32.2. The first kappa shape index (κ1) is 14.8. The molecule has 2 fully saturated rings. The quantitative estimate of drug-likeness (QED) is 0.872. The molecule has 0 saturated carbocycles. The molecule has 0 aliphatic carbocycles. The number of hydrogen-bond acceptors (Lipinski definition) is 3. The molecule has 0 aromatic heterocycles. The molecule has 0 radical (unpaired) electrons. The molecule has 114 valence electrons. The van der Waals surface area contributed by atoms with Crippen molar-refractivity contribution in [2.45, 2.75) is 48.8 Å². The summed E-state index contributed by atoms with van der Waals surface area (Å²) in [5, 5.41) is 9.73. The smallest absolute Gasteiger partial charge is 0.233 e. The number of fused-ring (bicyclic) bond motifs is 2. The lowest BCUT2D eigenvalue weighted by atomic mass is 10.00. The third kappa shape index (κ3) is 3.06. The van der Waals surface area contributed by atoms with E-state index in [0.717, 1.165) is 30.7 Å². The average molecular weight is 313 g/mol. The fraction of sp³-hybridized carbons (Fsp3) is 0.533. The molecule has 1 amide bonds. The summed E-state index contributed by atoms with van der Waals surface area (Å²) in [6.07, 6.45) is 2.83. The Labute approximate surface area is 126 Å². The minimum absolute atomic E-state index is 0.0249.